The molecule has 1 fully saturated rings. The average Bonchev–Trinajstić information content (AvgIpc) is 3.06. The Bertz CT molecular complexity index is 1030. The number of carbonyl (C=O) groups excluding carboxylic acids is 2. The van der Waals surface area contributed by atoms with Gasteiger partial charge in [0.25, 0.3) is 5.91 Å². The second-order valence-electron chi connectivity index (χ2n) is 7.38. The van der Waals surface area contributed by atoms with Gasteiger partial charge in [-0.3, -0.25) is 15.1 Å². The van der Waals surface area contributed by atoms with Crippen LogP contribution in [0.5, 0.6) is 0 Å². The maximum Gasteiger partial charge on any atom is 0.337 e. The molecule has 6 heteroatoms. The first kappa shape index (κ1) is 19.6. The summed E-state index contributed by atoms with van der Waals surface area (Å²) >= 11 is 0. The summed E-state index contributed by atoms with van der Waals surface area (Å²) in [5.74, 6) is -0.595. The number of amides is 1. The lowest BCUT2D eigenvalue weighted by molar-refractivity contribution is -0.133. The van der Waals surface area contributed by atoms with Crippen LogP contribution in [0.15, 0.2) is 78.9 Å². The molecule has 1 heterocycles. The number of nitrogens with zero attached hydrogens (tertiary/aromatic N) is 1. The molecule has 2 atom stereocenters. The van der Waals surface area contributed by atoms with E-state index in [1.54, 1.807) is 24.3 Å². The van der Waals surface area contributed by atoms with Gasteiger partial charge in [-0.25, -0.2) is 4.79 Å². The number of ether oxygens (including phenoxy) is 1. The van der Waals surface area contributed by atoms with Crippen LogP contribution in [0.2, 0.25) is 0 Å². The lowest BCUT2D eigenvalue weighted by Gasteiger charge is -2.34. The standard InChI is InChI=1S/C24H23N3O3/c1-30-21(28)18-14-12-17(13-15-18)16-27-22(29)24(26-23(27)25,19-8-4-2-5-9-19)20-10-6-3-7-11-20/h2-10,12-15,20H,11,16H2,1H3,(H2,25,26). The summed E-state index contributed by atoms with van der Waals surface area (Å²) in [6.45, 7) is 0.243. The Hall–Kier alpha value is -3.67. The van der Waals surface area contributed by atoms with Crippen LogP contribution in [0, 0.1) is 11.3 Å². The van der Waals surface area contributed by atoms with Crippen molar-refractivity contribution in [1.82, 2.24) is 10.2 Å². The van der Waals surface area contributed by atoms with Crippen LogP contribution in [-0.2, 0) is 21.6 Å². The van der Waals surface area contributed by atoms with Crippen molar-refractivity contribution in [3.05, 3.63) is 95.6 Å². The van der Waals surface area contributed by atoms with Crippen molar-refractivity contribution < 1.29 is 14.3 Å². The molecule has 2 N–H and O–H groups in total. The predicted octanol–water partition coefficient (Wildman–Crippen LogP) is 3.37. The first-order chi connectivity index (χ1) is 14.6. The van der Waals surface area contributed by atoms with Gasteiger partial charge in [0.05, 0.1) is 19.2 Å². The van der Waals surface area contributed by atoms with Gasteiger partial charge in [-0.05, 0) is 29.7 Å². The van der Waals surface area contributed by atoms with Crippen LogP contribution in [0.1, 0.15) is 27.9 Å². The Morgan fingerprint density at radius 3 is 2.53 bits per heavy atom. The van der Waals surface area contributed by atoms with Gasteiger partial charge < -0.3 is 10.1 Å². The fourth-order valence-corrected chi connectivity index (χ4v) is 4.08. The summed E-state index contributed by atoms with van der Waals surface area (Å²) in [7, 11) is 1.34. The van der Waals surface area contributed by atoms with E-state index in [2.05, 4.69) is 5.32 Å². The van der Waals surface area contributed by atoms with Crippen LogP contribution < -0.4 is 5.32 Å². The first-order valence-electron chi connectivity index (χ1n) is 9.81. The second kappa shape index (κ2) is 7.99. The minimum atomic E-state index is -1.02. The molecule has 2 unspecified atom stereocenters. The maximum absolute atomic E-state index is 13.8. The highest BCUT2D eigenvalue weighted by Gasteiger charge is 2.54. The van der Waals surface area contributed by atoms with E-state index in [0.29, 0.717) is 12.0 Å². The molecule has 2 aromatic carbocycles. The predicted molar refractivity (Wildman–Crippen MR) is 114 cm³/mol. The van der Waals surface area contributed by atoms with E-state index in [1.807, 2.05) is 54.6 Å². The number of hydrogen-bond acceptors (Lipinski definition) is 4. The Balaban J connectivity index is 1.66. The molecule has 1 aliphatic heterocycles. The third-order valence-electron chi connectivity index (χ3n) is 5.65. The summed E-state index contributed by atoms with van der Waals surface area (Å²) in [4.78, 5) is 26.9. The summed E-state index contributed by atoms with van der Waals surface area (Å²) in [5.41, 5.74) is 1.09. The van der Waals surface area contributed by atoms with Crippen LogP contribution in [-0.4, -0.2) is 29.8 Å². The number of esters is 1. The van der Waals surface area contributed by atoms with E-state index in [1.165, 1.54) is 12.0 Å². The van der Waals surface area contributed by atoms with Crippen molar-refractivity contribution in [2.24, 2.45) is 5.92 Å². The highest BCUT2D eigenvalue weighted by atomic mass is 16.5. The van der Waals surface area contributed by atoms with E-state index in [9.17, 15) is 9.59 Å². The molecule has 2 aliphatic rings. The van der Waals surface area contributed by atoms with Crippen molar-refractivity contribution in [1.29, 1.82) is 5.41 Å². The summed E-state index contributed by atoms with van der Waals surface area (Å²) < 4.78 is 4.73. The summed E-state index contributed by atoms with van der Waals surface area (Å²) in [6.07, 6.45) is 8.70. The number of benzene rings is 2. The van der Waals surface area contributed by atoms with Crippen LogP contribution >= 0.6 is 0 Å². The largest absolute Gasteiger partial charge is 0.465 e. The van der Waals surface area contributed by atoms with Gasteiger partial charge in [0.15, 0.2) is 11.5 Å². The summed E-state index contributed by atoms with van der Waals surface area (Å²) in [5, 5.41) is 11.7. The normalized spacial score (nSPS) is 22.8. The maximum atomic E-state index is 13.8. The molecular formula is C24H23N3O3. The molecular weight excluding hydrogens is 378 g/mol. The van der Waals surface area contributed by atoms with Gasteiger partial charge in [-0.1, -0.05) is 66.8 Å². The van der Waals surface area contributed by atoms with Crippen LogP contribution in [0.4, 0.5) is 0 Å². The molecule has 4 rings (SSSR count). The number of carbonyl (C=O) groups is 2. The Morgan fingerprint density at radius 1 is 1.17 bits per heavy atom. The minimum absolute atomic E-state index is 0.0730. The van der Waals surface area contributed by atoms with E-state index < -0.39 is 11.5 Å². The SMILES string of the molecule is COC(=O)c1ccc(CN2C(=N)NC(c3ccccc3)(C3C=CC=CC3)C2=O)cc1. The fraction of sp³-hybridized carbons (Fsp3) is 0.208. The molecule has 1 aliphatic carbocycles. The van der Waals surface area contributed by atoms with E-state index in [-0.39, 0.29) is 24.3 Å². The first-order valence-corrected chi connectivity index (χ1v) is 9.81. The number of rotatable bonds is 5. The van der Waals surface area contributed by atoms with Crippen molar-refractivity contribution in [2.75, 3.05) is 7.11 Å². The van der Waals surface area contributed by atoms with Crippen molar-refractivity contribution in [3.63, 3.8) is 0 Å². The molecule has 6 nitrogen and oxygen atoms in total. The van der Waals surface area contributed by atoms with Crippen LogP contribution in [0.25, 0.3) is 0 Å². The minimum Gasteiger partial charge on any atom is -0.465 e. The van der Waals surface area contributed by atoms with E-state index in [0.717, 1.165) is 11.1 Å². The van der Waals surface area contributed by atoms with Crippen LogP contribution in [0.3, 0.4) is 0 Å². The topological polar surface area (TPSA) is 82.5 Å². The highest BCUT2D eigenvalue weighted by molar-refractivity contribution is 6.08. The third-order valence-corrected chi connectivity index (χ3v) is 5.65. The zero-order valence-electron chi connectivity index (χ0n) is 16.7. The number of hydrogen-bond donors (Lipinski definition) is 2. The van der Waals surface area contributed by atoms with Crippen molar-refractivity contribution >= 4 is 17.8 Å². The summed E-state index contributed by atoms with van der Waals surface area (Å²) in [6, 6.07) is 16.5. The quantitative estimate of drug-likeness (QED) is 0.753. The molecule has 1 saturated heterocycles. The third kappa shape index (κ3) is 3.30. The smallest absolute Gasteiger partial charge is 0.337 e. The van der Waals surface area contributed by atoms with Gasteiger partial charge in [-0.15, -0.1) is 0 Å². The van der Waals surface area contributed by atoms with Gasteiger partial charge in [-0.2, -0.15) is 0 Å². The molecule has 30 heavy (non-hydrogen) atoms. The molecule has 0 aromatic heterocycles. The number of allylic oxidation sites excluding steroid dienone is 3. The zero-order chi connectivity index (χ0) is 21.1. The van der Waals surface area contributed by atoms with E-state index >= 15 is 0 Å². The Labute approximate surface area is 175 Å². The van der Waals surface area contributed by atoms with Gasteiger partial charge >= 0.3 is 5.97 Å². The molecule has 152 valence electrons. The fourth-order valence-electron chi connectivity index (χ4n) is 4.08. The molecule has 0 radical (unpaired) electrons. The molecule has 0 spiro atoms. The number of guanidine groups is 1. The lowest BCUT2D eigenvalue weighted by atomic mass is 9.75. The molecule has 0 saturated carbocycles. The van der Waals surface area contributed by atoms with Gasteiger partial charge in [0, 0.05) is 5.92 Å². The molecule has 0 bridgehead atoms. The Morgan fingerprint density at radius 2 is 1.90 bits per heavy atom. The highest BCUT2D eigenvalue weighted by Crippen LogP contribution is 2.40. The van der Waals surface area contributed by atoms with Gasteiger partial charge in [0.1, 0.15) is 0 Å². The number of nitrogens with one attached hydrogen (secondary N) is 2. The molecule has 1 amide bonds. The van der Waals surface area contributed by atoms with Crippen molar-refractivity contribution in [3.8, 4) is 0 Å². The Kier molecular flexibility index (Phi) is 5.23. The zero-order valence-corrected chi connectivity index (χ0v) is 16.7. The monoisotopic (exact) mass is 401 g/mol. The molecule has 2 aromatic rings. The average molecular weight is 401 g/mol. The van der Waals surface area contributed by atoms with Gasteiger partial charge in [0.2, 0.25) is 0 Å². The number of methoxy groups -OCH3 is 1. The lowest BCUT2D eigenvalue weighted by Crippen LogP contribution is -2.50. The van der Waals surface area contributed by atoms with Crippen molar-refractivity contribution in [2.45, 2.75) is 18.5 Å². The van der Waals surface area contributed by atoms with E-state index in [4.69, 9.17) is 10.1 Å². The second-order valence-corrected chi connectivity index (χ2v) is 7.38.